The smallest absolute Gasteiger partial charge is 0.412 e. The van der Waals surface area contributed by atoms with Crippen molar-refractivity contribution in [2.45, 2.75) is 78.4 Å². The Balaban J connectivity index is 1.48. The zero-order valence-electron chi connectivity index (χ0n) is 24.7. The Morgan fingerprint density at radius 1 is 0.619 bits per heavy atom. The minimum Gasteiger partial charge on any atom is -0.444 e. The molecule has 0 radical (unpaired) electrons. The summed E-state index contributed by atoms with van der Waals surface area (Å²) in [6.45, 7) is 10.1. The lowest BCUT2D eigenvalue weighted by Gasteiger charge is -2.27. The van der Waals surface area contributed by atoms with Crippen molar-refractivity contribution < 1.29 is 37.4 Å². The zero-order valence-corrected chi connectivity index (χ0v) is 24.7. The Hall–Kier alpha value is -4.22. The van der Waals surface area contributed by atoms with Crippen molar-refractivity contribution in [1.29, 1.82) is 0 Å². The van der Waals surface area contributed by atoms with Crippen molar-refractivity contribution in [1.82, 2.24) is 0 Å². The Morgan fingerprint density at radius 2 is 0.952 bits per heavy atom. The summed E-state index contributed by atoms with van der Waals surface area (Å²) < 4.78 is 39.2. The van der Waals surface area contributed by atoms with E-state index >= 15 is 0 Å². The average Bonchev–Trinajstić information content (AvgIpc) is 2.85. The van der Waals surface area contributed by atoms with E-state index in [-0.39, 0.29) is 46.4 Å². The highest BCUT2D eigenvalue weighted by atomic mass is 19.1. The maximum absolute atomic E-state index is 14.5. The van der Waals surface area contributed by atoms with Gasteiger partial charge in [0.15, 0.2) is 0 Å². The maximum atomic E-state index is 14.5. The van der Waals surface area contributed by atoms with Crippen LogP contribution in [0.5, 0.6) is 0 Å². The Bertz CT molecular complexity index is 1230. The Labute approximate surface area is 243 Å². The number of amides is 4. The number of nitrogens with one attached hydrogen (secondary N) is 4. The fourth-order valence-electron chi connectivity index (χ4n) is 4.32. The molecule has 0 unspecified atom stereocenters. The lowest BCUT2D eigenvalue weighted by molar-refractivity contribution is -0.125. The minimum atomic E-state index is -0.795. The van der Waals surface area contributed by atoms with Crippen molar-refractivity contribution in [2.24, 2.45) is 11.8 Å². The molecule has 0 atom stereocenters. The molecule has 3 rings (SSSR count). The number of halogens is 2. The zero-order chi connectivity index (χ0) is 31.2. The third-order valence-electron chi connectivity index (χ3n) is 6.21. The van der Waals surface area contributed by atoms with E-state index in [0.29, 0.717) is 25.7 Å². The summed E-state index contributed by atoms with van der Waals surface area (Å²) in [6.07, 6.45) is 0.179. The van der Waals surface area contributed by atoms with Gasteiger partial charge in [-0.15, -0.1) is 0 Å². The van der Waals surface area contributed by atoms with Crippen LogP contribution in [-0.2, 0) is 19.1 Å². The third kappa shape index (κ3) is 10.0. The normalized spacial score (nSPS) is 17.0. The van der Waals surface area contributed by atoms with Crippen LogP contribution in [0.4, 0.5) is 41.1 Å². The van der Waals surface area contributed by atoms with Crippen LogP contribution in [0.1, 0.15) is 67.2 Å². The Morgan fingerprint density at radius 3 is 1.24 bits per heavy atom. The summed E-state index contributed by atoms with van der Waals surface area (Å²) in [5.74, 6) is -2.79. The van der Waals surface area contributed by atoms with Gasteiger partial charge in [0.1, 0.15) is 22.8 Å². The monoisotopic (exact) mass is 588 g/mol. The lowest BCUT2D eigenvalue weighted by Crippen LogP contribution is -2.32. The number of carbonyl (C=O) groups is 4. The van der Waals surface area contributed by atoms with E-state index in [4.69, 9.17) is 9.47 Å². The van der Waals surface area contributed by atoms with Gasteiger partial charge in [-0.1, -0.05) is 0 Å². The standard InChI is InChI=1S/C30H38F2N4O6/c1-29(2,3)41-27(39)35-23-13-11-19(15-21(23)31)33-25(37)17-7-9-18(10-8-17)26(38)34-20-12-14-24(22(32)16-20)36-28(40)42-30(4,5)6/h11-18H,7-10H2,1-6H3,(H,33,37)(H,34,38)(H,35,39)(H,36,40)/t17-,18-. The predicted molar refractivity (Wildman–Crippen MR) is 155 cm³/mol. The second-order valence-corrected chi connectivity index (χ2v) is 12.2. The van der Waals surface area contributed by atoms with E-state index in [2.05, 4.69) is 21.3 Å². The van der Waals surface area contributed by atoms with Gasteiger partial charge >= 0.3 is 12.2 Å². The molecule has 0 bridgehead atoms. The first-order chi connectivity index (χ1) is 19.5. The van der Waals surface area contributed by atoms with Gasteiger partial charge in [0, 0.05) is 23.2 Å². The molecule has 10 nitrogen and oxygen atoms in total. The van der Waals surface area contributed by atoms with Crippen molar-refractivity contribution in [3.63, 3.8) is 0 Å². The summed E-state index contributed by atoms with van der Waals surface area (Å²) in [7, 11) is 0. The predicted octanol–water partition coefficient (Wildman–Crippen LogP) is 7.04. The van der Waals surface area contributed by atoms with Crippen LogP contribution in [0.2, 0.25) is 0 Å². The number of hydrogen-bond donors (Lipinski definition) is 4. The van der Waals surface area contributed by atoms with Crippen LogP contribution in [0.25, 0.3) is 0 Å². The van der Waals surface area contributed by atoms with E-state index in [1.807, 2.05) is 0 Å². The molecule has 0 aliphatic heterocycles. The molecule has 0 saturated heterocycles. The first-order valence-corrected chi connectivity index (χ1v) is 13.7. The second kappa shape index (κ2) is 13.2. The fraction of sp³-hybridized carbons (Fsp3) is 0.467. The summed E-state index contributed by atoms with van der Waals surface area (Å²) in [4.78, 5) is 49.4. The molecular formula is C30H38F2N4O6. The molecule has 4 N–H and O–H groups in total. The van der Waals surface area contributed by atoms with E-state index in [9.17, 15) is 28.0 Å². The van der Waals surface area contributed by atoms with Crippen molar-refractivity contribution in [3.05, 3.63) is 48.0 Å². The number of anilines is 4. The van der Waals surface area contributed by atoms with Crippen LogP contribution in [0, 0.1) is 23.5 Å². The molecule has 2 aromatic rings. The molecule has 1 fully saturated rings. The number of hydrogen-bond acceptors (Lipinski definition) is 6. The molecule has 2 aromatic carbocycles. The fourth-order valence-corrected chi connectivity index (χ4v) is 4.32. The molecule has 12 heteroatoms. The van der Waals surface area contributed by atoms with Crippen LogP contribution < -0.4 is 21.3 Å². The number of carbonyl (C=O) groups excluding carboxylic acids is 4. The summed E-state index contributed by atoms with van der Waals surface area (Å²) in [5, 5.41) is 10.0. The van der Waals surface area contributed by atoms with E-state index < -0.39 is 35.0 Å². The van der Waals surface area contributed by atoms with Gasteiger partial charge in [0.25, 0.3) is 0 Å². The van der Waals surface area contributed by atoms with Gasteiger partial charge in [-0.05, 0) is 104 Å². The second-order valence-electron chi connectivity index (χ2n) is 12.2. The van der Waals surface area contributed by atoms with Gasteiger partial charge in [-0.3, -0.25) is 20.2 Å². The number of benzene rings is 2. The van der Waals surface area contributed by atoms with Crippen LogP contribution in [0.3, 0.4) is 0 Å². The van der Waals surface area contributed by atoms with Crippen molar-refractivity contribution in [3.8, 4) is 0 Å². The number of rotatable bonds is 6. The molecule has 42 heavy (non-hydrogen) atoms. The van der Waals surface area contributed by atoms with Gasteiger partial charge in [0.2, 0.25) is 11.8 Å². The summed E-state index contributed by atoms with van der Waals surface area (Å²) in [6, 6.07) is 7.83. The van der Waals surface area contributed by atoms with E-state index in [0.717, 1.165) is 12.1 Å². The first kappa shape index (κ1) is 32.3. The minimum absolute atomic E-state index is 0.0809. The van der Waals surface area contributed by atoms with Gasteiger partial charge < -0.3 is 20.1 Å². The van der Waals surface area contributed by atoms with Crippen LogP contribution >= 0.6 is 0 Å². The van der Waals surface area contributed by atoms with Gasteiger partial charge in [-0.2, -0.15) is 0 Å². The molecule has 1 saturated carbocycles. The summed E-state index contributed by atoms with van der Waals surface area (Å²) >= 11 is 0. The molecule has 0 heterocycles. The first-order valence-electron chi connectivity index (χ1n) is 13.7. The molecular weight excluding hydrogens is 550 g/mol. The topological polar surface area (TPSA) is 135 Å². The molecule has 4 amide bonds. The highest BCUT2D eigenvalue weighted by Gasteiger charge is 2.30. The lowest BCUT2D eigenvalue weighted by atomic mass is 9.81. The third-order valence-corrected chi connectivity index (χ3v) is 6.21. The van der Waals surface area contributed by atoms with Crippen LogP contribution in [0.15, 0.2) is 36.4 Å². The molecule has 1 aliphatic carbocycles. The average molecular weight is 589 g/mol. The quantitative estimate of drug-likeness (QED) is 0.286. The van der Waals surface area contributed by atoms with Gasteiger partial charge in [-0.25, -0.2) is 18.4 Å². The Kier molecular flexibility index (Phi) is 10.1. The molecule has 0 aromatic heterocycles. The SMILES string of the molecule is CC(C)(C)OC(=O)Nc1ccc(NC(=O)[C@H]2CC[C@H](C(=O)Nc3ccc(NC(=O)OC(C)(C)C)c(F)c3)CC2)cc1F. The van der Waals surface area contributed by atoms with Crippen molar-refractivity contribution in [2.75, 3.05) is 21.3 Å². The summed E-state index contributed by atoms with van der Waals surface area (Å²) in [5.41, 5.74) is -1.16. The molecule has 228 valence electrons. The molecule has 0 spiro atoms. The molecule has 1 aliphatic rings. The number of ether oxygens (including phenoxy) is 2. The van der Waals surface area contributed by atoms with Crippen molar-refractivity contribution >= 4 is 46.8 Å². The van der Waals surface area contributed by atoms with E-state index in [1.165, 1.54) is 24.3 Å². The highest BCUT2D eigenvalue weighted by molar-refractivity contribution is 5.95. The maximum Gasteiger partial charge on any atom is 0.412 e. The highest BCUT2D eigenvalue weighted by Crippen LogP contribution is 2.31. The van der Waals surface area contributed by atoms with Crippen LogP contribution in [-0.4, -0.2) is 35.2 Å². The van der Waals surface area contributed by atoms with Gasteiger partial charge in [0.05, 0.1) is 11.4 Å². The van der Waals surface area contributed by atoms with E-state index in [1.54, 1.807) is 41.5 Å². The largest absolute Gasteiger partial charge is 0.444 e.